The molecule has 2 aromatic rings. The average molecular weight is 489 g/mol. The van der Waals surface area contributed by atoms with Gasteiger partial charge in [-0.2, -0.15) is 0 Å². The van der Waals surface area contributed by atoms with Crippen LogP contribution in [-0.2, 0) is 16.1 Å². The van der Waals surface area contributed by atoms with Gasteiger partial charge < -0.3 is 9.64 Å². The van der Waals surface area contributed by atoms with E-state index >= 15 is 0 Å². The Morgan fingerprint density at radius 2 is 1.82 bits per heavy atom. The van der Waals surface area contributed by atoms with Gasteiger partial charge >= 0.3 is 0 Å². The number of ether oxygens (including phenoxy) is 1. The van der Waals surface area contributed by atoms with Crippen LogP contribution in [0.15, 0.2) is 47.4 Å². The van der Waals surface area contributed by atoms with Crippen LogP contribution >= 0.6 is 23.4 Å². The van der Waals surface area contributed by atoms with Crippen molar-refractivity contribution in [3.8, 4) is 5.75 Å². The van der Waals surface area contributed by atoms with Crippen molar-refractivity contribution in [3.63, 3.8) is 0 Å². The van der Waals surface area contributed by atoms with E-state index in [9.17, 15) is 18.8 Å². The first kappa shape index (κ1) is 23.3. The Morgan fingerprint density at radius 1 is 1.09 bits per heavy atom. The van der Waals surface area contributed by atoms with Gasteiger partial charge in [0.2, 0.25) is 0 Å². The standard InChI is InChI=1S/C24H22ClFN2O4S/c25-20-13-18(26)7-6-17(20)14-28-23(30)21(33-24(28)31)12-16-4-8-19(9-5-16)32-15-22(29)27-10-2-1-3-11-27/h4-9,12-13H,1-3,10-11,14-15H2/b21-12-. The molecule has 3 amide bonds. The molecule has 0 radical (unpaired) electrons. The Bertz CT molecular complexity index is 1100. The molecular formula is C24H22ClFN2O4S. The predicted molar refractivity (Wildman–Crippen MR) is 125 cm³/mol. The Kier molecular flexibility index (Phi) is 7.35. The first-order chi connectivity index (χ1) is 15.9. The van der Waals surface area contributed by atoms with Crippen LogP contribution in [0, 0.1) is 5.82 Å². The lowest BCUT2D eigenvalue weighted by Gasteiger charge is -2.26. The van der Waals surface area contributed by atoms with Gasteiger partial charge in [-0.05, 0) is 72.5 Å². The summed E-state index contributed by atoms with van der Waals surface area (Å²) in [5.41, 5.74) is 1.21. The predicted octanol–water partition coefficient (Wildman–Crippen LogP) is 5.11. The molecule has 0 bridgehead atoms. The number of nitrogens with zero attached hydrogens (tertiary/aromatic N) is 2. The summed E-state index contributed by atoms with van der Waals surface area (Å²) < 4.78 is 18.8. The number of carbonyl (C=O) groups is 3. The number of amides is 3. The Hall–Kier alpha value is -2.84. The Balaban J connectivity index is 1.36. The van der Waals surface area contributed by atoms with E-state index in [0.29, 0.717) is 11.3 Å². The lowest BCUT2D eigenvalue weighted by atomic mass is 10.1. The van der Waals surface area contributed by atoms with E-state index in [2.05, 4.69) is 0 Å². The number of benzene rings is 2. The van der Waals surface area contributed by atoms with Crippen molar-refractivity contribution in [2.45, 2.75) is 25.8 Å². The summed E-state index contributed by atoms with van der Waals surface area (Å²) in [6.45, 7) is 1.52. The van der Waals surface area contributed by atoms with Gasteiger partial charge in [0.25, 0.3) is 17.1 Å². The highest BCUT2D eigenvalue weighted by molar-refractivity contribution is 8.18. The van der Waals surface area contributed by atoms with Crippen LogP contribution in [0.1, 0.15) is 30.4 Å². The molecule has 2 aromatic carbocycles. The van der Waals surface area contributed by atoms with Crippen molar-refractivity contribution >= 4 is 46.5 Å². The highest BCUT2D eigenvalue weighted by Crippen LogP contribution is 2.34. The molecule has 2 heterocycles. The molecule has 6 nitrogen and oxygen atoms in total. The molecule has 0 spiro atoms. The summed E-state index contributed by atoms with van der Waals surface area (Å²) in [7, 11) is 0. The molecule has 2 aliphatic rings. The first-order valence-corrected chi connectivity index (χ1v) is 11.8. The molecule has 2 aliphatic heterocycles. The molecule has 4 rings (SSSR count). The molecule has 2 saturated heterocycles. The minimum atomic E-state index is -0.485. The van der Waals surface area contributed by atoms with Gasteiger partial charge in [0.15, 0.2) is 6.61 Å². The fourth-order valence-corrected chi connectivity index (χ4v) is 4.71. The molecule has 2 fully saturated rings. The van der Waals surface area contributed by atoms with E-state index in [1.807, 2.05) is 4.90 Å². The van der Waals surface area contributed by atoms with Crippen molar-refractivity contribution in [3.05, 3.63) is 69.3 Å². The van der Waals surface area contributed by atoms with E-state index in [0.717, 1.165) is 60.6 Å². The molecule has 9 heteroatoms. The summed E-state index contributed by atoms with van der Waals surface area (Å²) >= 11 is 6.87. The summed E-state index contributed by atoms with van der Waals surface area (Å²) in [6, 6.07) is 10.8. The SMILES string of the molecule is O=C(COc1ccc(/C=C2\SC(=O)N(Cc3ccc(F)cc3Cl)C2=O)cc1)N1CCCCC1. The average Bonchev–Trinajstić information content (AvgIpc) is 3.08. The number of hydrogen-bond acceptors (Lipinski definition) is 5. The lowest BCUT2D eigenvalue weighted by Crippen LogP contribution is -2.38. The zero-order chi connectivity index (χ0) is 23.4. The molecule has 0 unspecified atom stereocenters. The number of imide groups is 1. The summed E-state index contributed by atoms with van der Waals surface area (Å²) in [5.74, 6) is -0.385. The molecule has 0 atom stereocenters. The fraction of sp³-hybridized carbons (Fsp3) is 0.292. The second-order valence-electron chi connectivity index (χ2n) is 7.80. The van der Waals surface area contributed by atoms with E-state index < -0.39 is 17.0 Å². The van der Waals surface area contributed by atoms with Crippen molar-refractivity contribution < 1.29 is 23.5 Å². The van der Waals surface area contributed by atoms with E-state index in [1.54, 1.807) is 30.3 Å². The third-order valence-corrected chi connectivity index (χ3v) is 6.73. The molecular weight excluding hydrogens is 467 g/mol. The van der Waals surface area contributed by atoms with Crippen LogP contribution < -0.4 is 4.74 Å². The topological polar surface area (TPSA) is 66.9 Å². The highest BCUT2D eigenvalue weighted by atomic mass is 35.5. The van der Waals surface area contributed by atoms with Crippen molar-refractivity contribution in [1.29, 1.82) is 0 Å². The highest BCUT2D eigenvalue weighted by Gasteiger charge is 2.35. The lowest BCUT2D eigenvalue weighted by molar-refractivity contribution is -0.134. The van der Waals surface area contributed by atoms with Gasteiger partial charge in [-0.15, -0.1) is 0 Å². The zero-order valence-electron chi connectivity index (χ0n) is 17.8. The van der Waals surface area contributed by atoms with Crippen LogP contribution in [-0.4, -0.2) is 46.5 Å². The number of thioether (sulfide) groups is 1. The number of piperidine rings is 1. The molecule has 0 aromatic heterocycles. The van der Waals surface area contributed by atoms with Gasteiger partial charge in [0.05, 0.1) is 11.4 Å². The number of halogens is 2. The van der Waals surface area contributed by atoms with Gasteiger partial charge in [-0.25, -0.2) is 4.39 Å². The summed E-state index contributed by atoms with van der Waals surface area (Å²) in [6.07, 6.45) is 4.84. The van der Waals surface area contributed by atoms with Crippen LogP contribution in [0.2, 0.25) is 5.02 Å². The van der Waals surface area contributed by atoms with Gasteiger partial charge in [-0.1, -0.05) is 29.8 Å². The van der Waals surface area contributed by atoms with Crippen LogP contribution in [0.3, 0.4) is 0 Å². The third-order valence-electron chi connectivity index (χ3n) is 5.47. The van der Waals surface area contributed by atoms with Gasteiger partial charge in [-0.3, -0.25) is 19.3 Å². The van der Waals surface area contributed by atoms with E-state index in [-0.39, 0.29) is 29.0 Å². The minimum absolute atomic E-state index is 0.00974. The van der Waals surface area contributed by atoms with E-state index in [4.69, 9.17) is 16.3 Å². The van der Waals surface area contributed by atoms with Crippen molar-refractivity contribution in [1.82, 2.24) is 9.80 Å². The maximum atomic E-state index is 13.2. The second kappa shape index (κ2) is 10.4. The summed E-state index contributed by atoms with van der Waals surface area (Å²) in [5, 5.41) is -0.254. The van der Waals surface area contributed by atoms with Crippen molar-refractivity contribution in [2.75, 3.05) is 19.7 Å². The van der Waals surface area contributed by atoms with E-state index in [1.165, 1.54) is 12.1 Å². The molecule has 0 aliphatic carbocycles. The molecule has 33 heavy (non-hydrogen) atoms. The maximum Gasteiger partial charge on any atom is 0.293 e. The Labute approximate surface area is 200 Å². The second-order valence-corrected chi connectivity index (χ2v) is 9.20. The van der Waals surface area contributed by atoms with Crippen LogP contribution in [0.25, 0.3) is 6.08 Å². The fourth-order valence-electron chi connectivity index (χ4n) is 3.65. The molecule has 0 N–H and O–H groups in total. The monoisotopic (exact) mass is 488 g/mol. The largest absolute Gasteiger partial charge is 0.484 e. The number of likely N-dealkylation sites (tertiary alicyclic amines) is 1. The maximum absolute atomic E-state index is 13.2. The first-order valence-electron chi connectivity index (χ1n) is 10.6. The quantitative estimate of drug-likeness (QED) is 0.529. The minimum Gasteiger partial charge on any atom is -0.484 e. The number of carbonyl (C=O) groups excluding carboxylic acids is 3. The van der Waals surface area contributed by atoms with Crippen molar-refractivity contribution in [2.24, 2.45) is 0 Å². The molecule has 172 valence electrons. The number of hydrogen-bond donors (Lipinski definition) is 0. The summed E-state index contributed by atoms with van der Waals surface area (Å²) in [4.78, 5) is 40.5. The van der Waals surface area contributed by atoms with Gasteiger partial charge in [0.1, 0.15) is 11.6 Å². The van der Waals surface area contributed by atoms with Crippen LogP contribution in [0.5, 0.6) is 5.75 Å². The third kappa shape index (κ3) is 5.75. The van der Waals surface area contributed by atoms with Gasteiger partial charge in [0, 0.05) is 18.1 Å². The van der Waals surface area contributed by atoms with Crippen LogP contribution in [0.4, 0.5) is 9.18 Å². The smallest absolute Gasteiger partial charge is 0.293 e. The normalized spacial score (nSPS) is 17.7. The number of rotatable bonds is 6. The Morgan fingerprint density at radius 3 is 2.52 bits per heavy atom. The molecule has 0 saturated carbocycles. The zero-order valence-corrected chi connectivity index (χ0v) is 19.3.